The lowest BCUT2D eigenvalue weighted by Crippen LogP contribution is -2.31. The Kier molecular flexibility index (Phi) is 3.41. The van der Waals surface area contributed by atoms with Crippen LogP contribution in [0.2, 0.25) is 0 Å². The zero-order valence-corrected chi connectivity index (χ0v) is 9.34. The van der Waals surface area contributed by atoms with E-state index in [0.717, 1.165) is 5.56 Å². The molecule has 1 aromatic rings. The molecule has 0 amide bonds. The highest BCUT2D eigenvalue weighted by molar-refractivity contribution is 6.18. The molecule has 0 unspecified atom stereocenters. The van der Waals surface area contributed by atoms with Crippen molar-refractivity contribution in [3.8, 4) is 0 Å². The fourth-order valence-electron chi connectivity index (χ4n) is 2.03. The van der Waals surface area contributed by atoms with Gasteiger partial charge in [-0.25, -0.2) is 0 Å². The van der Waals surface area contributed by atoms with Gasteiger partial charge in [-0.3, -0.25) is 10.1 Å². The second-order valence-electron chi connectivity index (χ2n) is 3.85. The van der Waals surface area contributed by atoms with Crippen molar-refractivity contribution < 1.29 is 9.66 Å². The molecular weight excluding hydrogens is 230 g/mol. The normalized spacial score (nSPS) is 29.2. The lowest BCUT2D eigenvalue weighted by atomic mass is 9.96. The molecule has 0 radical (unpaired) electrons. The molecule has 2 rings (SSSR count). The predicted molar refractivity (Wildman–Crippen MR) is 60.1 cm³/mol. The number of benzene rings is 1. The summed E-state index contributed by atoms with van der Waals surface area (Å²) in [5.74, 6) is 0.0523. The molecule has 0 N–H and O–H groups in total. The second-order valence-corrected chi connectivity index (χ2v) is 4.16. The third-order valence-electron chi connectivity index (χ3n) is 2.85. The van der Waals surface area contributed by atoms with Crippen LogP contribution in [0.25, 0.3) is 0 Å². The molecular formula is C11H12ClNO3. The monoisotopic (exact) mass is 241 g/mol. The smallest absolute Gasteiger partial charge is 0.249 e. The van der Waals surface area contributed by atoms with Gasteiger partial charge in [-0.05, 0) is 5.56 Å². The molecule has 0 spiro atoms. The van der Waals surface area contributed by atoms with Crippen LogP contribution in [0, 0.1) is 16.0 Å². The van der Waals surface area contributed by atoms with Crippen molar-refractivity contribution in [3.63, 3.8) is 0 Å². The van der Waals surface area contributed by atoms with Crippen molar-refractivity contribution >= 4 is 11.6 Å². The number of rotatable bonds is 3. The number of halogens is 1. The van der Waals surface area contributed by atoms with Gasteiger partial charge in [0.1, 0.15) is 0 Å². The van der Waals surface area contributed by atoms with Crippen LogP contribution < -0.4 is 0 Å². The van der Waals surface area contributed by atoms with Gasteiger partial charge >= 0.3 is 0 Å². The quantitative estimate of drug-likeness (QED) is 0.463. The third-order valence-corrected chi connectivity index (χ3v) is 3.25. The van der Waals surface area contributed by atoms with Crippen molar-refractivity contribution in [2.24, 2.45) is 5.92 Å². The summed E-state index contributed by atoms with van der Waals surface area (Å²) in [5.41, 5.74) is 0.844. The van der Waals surface area contributed by atoms with E-state index >= 15 is 0 Å². The summed E-state index contributed by atoms with van der Waals surface area (Å²) in [4.78, 5) is 10.7. The van der Waals surface area contributed by atoms with Gasteiger partial charge in [0, 0.05) is 10.8 Å². The van der Waals surface area contributed by atoms with Crippen molar-refractivity contribution in [2.75, 3.05) is 12.5 Å². The molecule has 0 saturated carbocycles. The van der Waals surface area contributed by atoms with Crippen molar-refractivity contribution in [1.82, 2.24) is 0 Å². The summed E-state index contributed by atoms with van der Waals surface area (Å²) in [5, 5.41) is 11.0. The summed E-state index contributed by atoms with van der Waals surface area (Å²) in [6.45, 7) is 0.356. The van der Waals surface area contributed by atoms with E-state index in [2.05, 4.69) is 0 Å². The molecule has 1 aliphatic rings. The highest BCUT2D eigenvalue weighted by Crippen LogP contribution is 2.35. The van der Waals surface area contributed by atoms with Gasteiger partial charge in [0.05, 0.1) is 12.5 Å². The minimum atomic E-state index is -0.736. The van der Waals surface area contributed by atoms with E-state index in [4.69, 9.17) is 16.3 Å². The van der Waals surface area contributed by atoms with Crippen molar-refractivity contribution in [2.45, 2.75) is 12.1 Å². The zero-order valence-electron chi connectivity index (χ0n) is 8.58. The van der Waals surface area contributed by atoms with Gasteiger partial charge < -0.3 is 4.74 Å². The number of hydrogen-bond acceptors (Lipinski definition) is 3. The van der Waals surface area contributed by atoms with E-state index in [1.165, 1.54) is 0 Å². The maximum absolute atomic E-state index is 11.0. The SMILES string of the molecule is O=[N+]([O-])[C@H]1[C@@H](CCl)CO[C@@H]1c1ccccc1. The molecule has 1 fully saturated rings. The molecule has 86 valence electrons. The first-order valence-electron chi connectivity index (χ1n) is 5.10. The standard InChI is InChI=1S/C11H12ClNO3/c12-6-9-7-16-11(10(9)13(14)15)8-4-2-1-3-5-8/h1-5,9-11H,6-7H2/t9-,10-,11+/m0/s1. The van der Waals surface area contributed by atoms with Crippen LogP contribution in [0.5, 0.6) is 0 Å². The first-order chi connectivity index (χ1) is 7.74. The lowest BCUT2D eigenvalue weighted by Gasteiger charge is -2.14. The van der Waals surface area contributed by atoms with Crippen LogP contribution in [0.1, 0.15) is 11.7 Å². The molecule has 1 saturated heterocycles. The van der Waals surface area contributed by atoms with Gasteiger partial charge in [0.2, 0.25) is 6.04 Å². The highest BCUT2D eigenvalue weighted by Gasteiger charge is 2.46. The fourth-order valence-corrected chi connectivity index (χ4v) is 2.30. The Morgan fingerprint density at radius 2 is 2.12 bits per heavy atom. The molecule has 0 aromatic heterocycles. The molecule has 0 aliphatic carbocycles. The molecule has 4 nitrogen and oxygen atoms in total. The van der Waals surface area contributed by atoms with E-state index in [0.29, 0.717) is 6.61 Å². The van der Waals surface area contributed by atoms with Gasteiger partial charge in [-0.2, -0.15) is 0 Å². The summed E-state index contributed by atoms with van der Waals surface area (Å²) in [7, 11) is 0. The van der Waals surface area contributed by atoms with E-state index in [1.54, 1.807) is 0 Å². The van der Waals surface area contributed by atoms with Gasteiger partial charge in [0.25, 0.3) is 0 Å². The van der Waals surface area contributed by atoms with Crippen LogP contribution in [0.3, 0.4) is 0 Å². The molecule has 3 atom stereocenters. The maximum atomic E-state index is 11.0. The van der Waals surface area contributed by atoms with E-state index in [1.807, 2.05) is 30.3 Å². The minimum absolute atomic E-state index is 0.207. The Balaban J connectivity index is 2.25. The molecule has 16 heavy (non-hydrogen) atoms. The first kappa shape index (κ1) is 11.4. The van der Waals surface area contributed by atoms with Crippen molar-refractivity contribution in [3.05, 3.63) is 46.0 Å². The van der Waals surface area contributed by atoms with E-state index in [9.17, 15) is 10.1 Å². The van der Waals surface area contributed by atoms with Crippen LogP contribution in [0.4, 0.5) is 0 Å². The number of hydrogen-bond donors (Lipinski definition) is 0. The Bertz CT molecular complexity index is 371. The summed E-state index contributed by atoms with van der Waals surface area (Å²) >= 11 is 5.71. The Morgan fingerprint density at radius 3 is 2.69 bits per heavy atom. The van der Waals surface area contributed by atoms with Crippen LogP contribution in [0.15, 0.2) is 30.3 Å². The van der Waals surface area contributed by atoms with E-state index < -0.39 is 12.1 Å². The summed E-state index contributed by atoms with van der Waals surface area (Å²) in [6, 6.07) is 8.53. The maximum Gasteiger partial charge on any atom is 0.249 e. The molecule has 1 aliphatic heterocycles. The summed E-state index contributed by atoms with van der Waals surface area (Å²) < 4.78 is 5.49. The molecule has 0 bridgehead atoms. The third kappa shape index (κ3) is 2.03. The summed E-state index contributed by atoms with van der Waals surface area (Å²) in [6.07, 6.45) is -0.472. The lowest BCUT2D eigenvalue weighted by molar-refractivity contribution is -0.534. The average molecular weight is 242 g/mol. The Labute approximate surface area is 98.3 Å². The number of ether oxygens (including phenoxy) is 1. The topological polar surface area (TPSA) is 52.4 Å². The fraction of sp³-hybridized carbons (Fsp3) is 0.455. The number of nitro groups is 1. The van der Waals surface area contributed by atoms with Crippen LogP contribution >= 0.6 is 11.6 Å². The first-order valence-corrected chi connectivity index (χ1v) is 5.63. The highest BCUT2D eigenvalue weighted by atomic mass is 35.5. The molecule has 1 heterocycles. The Hall–Kier alpha value is -1.13. The average Bonchev–Trinajstić information content (AvgIpc) is 2.73. The second kappa shape index (κ2) is 4.80. The van der Waals surface area contributed by atoms with Gasteiger partial charge in [-0.1, -0.05) is 30.3 Å². The number of nitrogens with zero attached hydrogens (tertiary/aromatic N) is 1. The molecule has 5 heteroatoms. The Morgan fingerprint density at radius 1 is 1.44 bits per heavy atom. The van der Waals surface area contributed by atoms with E-state index in [-0.39, 0.29) is 16.7 Å². The van der Waals surface area contributed by atoms with Gasteiger partial charge in [-0.15, -0.1) is 11.6 Å². The van der Waals surface area contributed by atoms with Crippen LogP contribution in [-0.2, 0) is 4.74 Å². The predicted octanol–water partition coefficient (Wildman–Crippen LogP) is 2.26. The van der Waals surface area contributed by atoms with Gasteiger partial charge in [0.15, 0.2) is 6.10 Å². The number of alkyl halides is 1. The molecule has 1 aromatic carbocycles. The van der Waals surface area contributed by atoms with Crippen molar-refractivity contribution in [1.29, 1.82) is 0 Å². The minimum Gasteiger partial charge on any atom is -0.366 e. The van der Waals surface area contributed by atoms with Crippen LogP contribution in [-0.4, -0.2) is 23.5 Å². The largest absolute Gasteiger partial charge is 0.366 e. The zero-order chi connectivity index (χ0) is 11.5.